The Hall–Kier alpha value is -1.42. The first-order valence-corrected chi connectivity index (χ1v) is 6.85. The molecule has 1 heterocycles. The molecule has 0 aliphatic heterocycles. The highest BCUT2D eigenvalue weighted by Crippen LogP contribution is 2.38. The van der Waals surface area contributed by atoms with Gasteiger partial charge in [-0.25, -0.2) is 4.98 Å². The molecule has 3 nitrogen and oxygen atoms in total. The maximum absolute atomic E-state index is 11.6. The van der Waals surface area contributed by atoms with Gasteiger partial charge < -0.3 is 4.98 Å². The number of nitrogens with one attached hydrogen (secondary N) is 1. The summed E-state index contributed by atoms with van der Waals surface area (Å²) in [6.45, 7) is 0. The van der Waals surface area contributed by atoms with Crippen LogP contribution in [0.25, 0.3) is 0 Å². The first kappa shape index (κ1) is 11.7. The Morgan fingerprint density at radius 3 is 2.83 bits per heavy atom. The van der Waals surface area contributed by atoms with Crippen molar-refractivity contribution in [2.45, 2.75) is 25.2 Å². The maximum Gasteiger partial charge on any atom is 0.251 e. The minimum Gasteiger partial charge on any atom is -0.310 e. The third-order valence-electron chi connectivity index (χ3n) is 3.12. The molecule has 0 bridgehead atoms. The van der Waals surface area contributed by atoms with Crippen molar-refractivity contribution in [1.29, 1.82) is 0 Å². The van der Waals surface area contributed by atoms with Gasteiger partial charge in [0.05, 0.1) is 5.69 Å². The van der Waals surface area contributed by atoms with Gasteiger partial charge in [0, 0.05) is 22.9 Å². The summed E-state index contributed by atoms with van der Waals surface area (Å²) in [7, 11) is 0. The summed E-state index contributed by atoms with van der Waals surface area (Å²) in [6, 6.07) is 9.63. The van der Waals surface area contributed by atoms with Gasteiger partial charge >= 0.3 is 0 Å². The molecule has 18 heavy (non-hydrogen) atoms. The molecule has 0 radical (unpaired) electrons. The van der Waals surface area contributed by atoms with Crippen LogP contribution >= 0.6 is 15.9 Å². The number of hydrogen-bond donors (Lipinski definition) is 1. The van der Waals surface area contributed by atoms with Crippen LogP contribution in [0.3, 0.4) is 0 Å². The zero-order valence-electron chi connectivity index (χ0n) is 9.82. The zero-order valence-corrected chi connectivity index (χ0v) is 11.4. The van der Waals surface area contributed by atoms with E-state index in [1.807, 2.05) is 24.3 Å². The van der Waals surface area contributed by atoms with E-state index in [4.69, 9.17) is 0 Å². The van der Waals surface area contributed by atoms with E-state index >= 15 is 0 Å². The minimum absolute atomic E-state index is 0.0473. The summed E-state index contributed by atoms with van der Waals surface area (Å²) in [5.41, 5.74) is 2.03. The fourth-order valence-corrected chi connectivity index (χ4v) is 2.45. The smallest absolute Gasteiger partial charge is 0.251 e. The van der Waals surface area contributed by atoms with Gasteiger partial charge in [-0.3, -0.25) is 4.79 Å². The largest absolute Gasteiger partial charge is 0.310 e. The number of benzene rings is 1. The lowest BCUT2D eigenvalue weighted by Crippen LogP contribution is -2.12. The van der Waals surface area contributed by atoms with Crippen molar-refractivity contribution in [3.8, 4) is 0 Å². The van der Waals surface area contributed by atoms with Gasteiger partial charge in [0.15, 0.2) is 0 Å². The molecule has 1 aliphatic rings. The van der Waals surface area contributed by atoms with Crippen LogP contribution in [-0.2, 0) is 6.42 Å². The quantitative estimate of drug-likeness (QED) is 0.947. The summed E-state index contributed by atoms with van der Waals surface area (Å²) in [5, 5.41) is 0. The Kier molecular flexibility index (Phi) is 3.04. The maximum atomic E-state index is 11.6. The zero-order chi connectivity index (χ0) is 12.5. The third kappa shape index (κ3) is 2.53. The first-order chi connectivity index (χ1) is 8.72. The second-order valence-electron chi connectivity index (χ2n) is 4.66. The van der Waals surface area contributed by atoms with E-state index in [9.17, 15) is 4.79 Å². The third-order valence-corrected chi connectivity index (χ3v) is 3.90. The molecule has 1 fully saturated rings. The SMILES string of the molecule is O=c1cc(C2CC2)nc(Cc2ccccc2Br)[nH]1. The molecule has 92 valence electrons. The van der Waals surface area contributed by atoms with Crippen LogP contribution in [0.1, 0.15) is 35.8 Å². The topological polar surface area (TPSA) is 45.8 Å². The summed E-state index contributed by atoms with van der Waals surface area (Å²) in [4.78, 5) is 19.0. The van der Waals surface area contributed by atoms with Gasteiger partial charge in [0.25, 0.3) is 5.56 Å². The molecule has 3 rings (SSSR count). The summed E-state index contributed by atoms with van der Waals surface area (Å²) in [6.07, 6.45) is 2.97. The number of aromatic amines is 1. The van der Waals surface area contributed by atoms with E-state index in [1.165, 1.54) is 0 Å². The number of H-pyrrole nitrogens is 1. The molecule has 0 atom stereocenters. The normalized spacial score (nSPS) is 14.7. The van der Waals surface area contributed by atoms with Crippen LogP contribution < -0.4 is 5.56 Å². The number of nitrogens with zero attached hydrogens (tertiary/aromatic N) is 1. The molecule has 0 saturated heterocycles. The van der Waals surface area contributed by atoms with Crippen molar-refractivity contribution in [2.75, 3.05) is 0 Å². The molecule has 1 aromatic heterocycles. The van der Waals surface area contributed by atoms with Gasteiger partial charge in [-0.1, -0.05) is 34.1 Å². The molecule has 1 N–H and O–H groups in total. The van der Waals surface area contributed by atoms with Gasteiger partial charge in [-0.15, -0.1) is 0 Å². The van der Waals surface area contributed by atoms with Crippen LogP contribution in [0.2, 0.25) is 0 Å². The Morgan fingerprint density at radius 2 is 2.11 bits per heavy atom. The van der Waals surface area contributed by atoms with Crippen molar-refractivity contribution < 1.29 is 0 Å². The highest BCUT2D eigenvalue weighted by molar-refractivity contribution is 9.10. The van der Waals surface area contributed by atoms with Crippen molar-refractivity contribution in [1.82, 2.24) is 9.97 Å². The van der Waals surface area contributed by atoms with Gasteiger partial charge in [-0.05, 0) is 24.5 Å². The summed E-state index contributed by atoms with van der Waals surface area (Å²) >= 11 is 3.51. The Morgan fingerprint density at radius 1 is 1.33 bits per heavy atom. The fraction of sp³-hybridized carbons (Fsp3) is 0.286. The van der Waals surface area contributed by atoms with E-state index < -0.39 is 0 Å². The highest BCUT2D eigenvalue weighted by atomic mass is 79.9. The van der Waals surface area contributed by atoms with Crippen molar-refractivity contribution in [2.24, 2.45) is 0 Å². The number of hydrogen-bond acceptors (Lipinski definition) is 2. The average molecular weight is 305 g/mol. The van der Waals surface area contributed by atoms with Crippen LogP contribution in [-0.4, -0.2) is 9.97 Å². The van der Waals surface area contributed by atoms with Crippen LogP contribution in [0.15, 0.2) is 39.6 Å². The lowest BCUT2D eigenvalue weighted by molar-refractivity contribution is 0.880. The van der Waals surface area contributed by atoms with Crippen molar-refractivity contribution in [3.63, 3.8) is 0 Å². The van der Waals surface area contributed by atoms with E-state index in [1.54, 1.807) is 6.07 Å². The minimum atomic E-state index is -0.0473. The Labute approximate surface area is 113 Å². The highest BCUT2D eigenvalue weighted by Gasteiger charge is 2.25. The molecule has 1 aliphatic carbocycles. The van der Waals surface area contributed by atoms with E-state index in [0.717, 1.165) is 34.4 Å². The molecule has 1 saturated carbocycles. The fourth-order valence-electron chi connectivity index (χ4n) is 2.02. The van der Waals surface area contributed by atoms with Crippen molar-refractivity contribution in [3.05, 3.63) is 62.2 Å². The summed E-state index contributed by atoms with van der Waals surface area (Å²) in [5.74, 6) is 1.25. The predicted molar refractivity (Wildman–Crippen MR) is 73.8 cm³/mol. The standard InChI is InChI=1S/C14H13BrN2O/c15-11-4-2-1-3-10(11)7-13-16-12(9-5-6-9)8-14(18)17-13/h1-4,8-9H,5-7H2,(H,16,17,18). The monoisotopic (exact) mass is 304 g/mol. The number of rotatable bonds is 3. The van der Waals surface area contributed by atoms with E-state index in [2.05, 4.69) is 25.9 Å². The van der Waals surface area contributed by atoms with E-state index in [0.29, 0.717) is 12.3 Å². The summed E-state index contributed by atoms with van der Waals surface area (Å²) < 4.78 is 1.05. The first-order valence-electron chi connectivity index (χ1n) is 6.06. The molecular formula is C14H13BrN2O. The Bertz CT molecular complexity index is 632. The lowest BCUT2D eigenvalue weighted by Gasteiger charge is -2.05. The van der Waals surface area contributed by atoms with Crippen LogP contribution in [0, 0.1) is 0 Å². The molecule has 1 aromatic carbocycles. The molecule has 2 aromatic rings. The number of halogens is 1. The van der Waals surface area contributed by atoms with Gasteiger partial charge in [-0.2, -0.15) is 0 Å². The number of aromatic nitrogens is 2. The average Bonchev–Trinajstić information content (AvgIpc) is 3.15. The molecule has 0 unspecified atom stereocenters. The molecule has 4 heteroatoms. The Balaban J connectivity index is 1.93. The second-order valence-corrected chi connectivity index (χ2v) is 5.51. The second kappa shape index (κ2) is 4.69. The molecule has 0 amide bonds. The molecule has 0 spiro atoms. The van der Waals surface area contributed by atoms with Gasteiger partial charge in [0.1, 0.15) is 5.82 Å². The van der Waals surface area contributed by atoms with E-state index in [-0.39, 0.29) is 5.56 Å². The predicted octanol–water partition coefficient (Wildman–Crippen LogP) is 3.00. The van der Waals surface area contributed by atoms with Crippen molar-refractivity contribution >= 4 is 15.9 Å². The van der Waals surface area contributed by atoms with Crippen LogP contribution in [0.5, 0.6) is 0 Å². The van der Waals surface area contributed by atoms with Gasteiger partial charge in [0.2, 0.25) is 0 Å². The lowest BCUT2D eigenvalue weighted by atomic mass is 10.1. The molecular weight excluding hydrogens is 292 g/mol. The van der Waals surface area contributed by atoms with Crippen LogP contribution in [0.4, 0.5) is 0 Å².